The molecule has 0 aliphatic carbocycles. The van der Waals surface area contributed by atoms with Crippen LogP contribution in [-0.2, 0) is 9.53 Å². The lowest BCUT2D eigenvalue weighted by atomic mass is 10.1. The lowest BCUT2D eigenvalue weighted by Crippen LogP contribution is -2.16. The van der Waals surface area contributed by atoms with Gasteiger partial charge >= 0.3 is 0 Å². The summed E-state index contributed by atoms with van der Waals surface area (Å²) in [6, 6.07) is 19.3. The maximum Gasteiger partial charge on any atom is 0.250 e. The molecule has 8 heteroatoms. The van der Waals surface area contributed by atoms with Crippen molar-refractivity contribution < 1.29 is 9.53 Å². The molecule has 8 nitrogen and oxygen atoms in total. The Labute approximate surface area is 172 Å². The number of hydrogen-bond donors (Lipinski definition) is 2. The van der Waals surface area contributed by atoms with Gasteiger partial charge in [0.2, 0.25) is 5.91 Å². The summed E-state index contributed by atoms with van der Waals surface area (Å²) in [6.07, 6.45) is 1.75. The fraction of sp³-hybridized carbons (Fsp3) is 0.0909. The number of amides is 1. The van der Waals surface area contributed by atoms with E-state index in [0.29, 0.717) is 11.5 Å². The Hall–Kier alpha value is -4.04. The summed E-state index contributed by atoms with van der Waals surface area (Å²) in [6.45, 7) is 0.00955. The van der Waals surface area contributed by atoms with Crippen LogP contribution in [-0.4, -0.2) is 39.4 Å². The number of pyridine rings is 1. The van der Waals surface area contributed by atoms with Crippen LogP contribution in [0.1, 0.15) is 0 Å². The summed E-state index contributed by atoms with van der Waals surface area (Å²) in [5.74, 6) is 1.95. The van der Waals surface area contributed by atoms with E-state index in [2.05, 4.69) is 25.8 Å². The number of hydrogen-bond acceptors (Lipinski definition) is 6. The van der Waals surface area contributed by atoms with E-state index in [0.717, 1.165) is 34.1 Å². The monoisotopic (exact) mass is 398 g/mol. The van der Waals surface area contributed by atoms with Gasteiger partial charge in [-0.05, 0) is 48.5 Å². The second-order valence-corrected chi connectivity index (χ2v) is 6.78. The number of fused-ring (bicyclic) bond motifs is 5. The number of benzene rings is 2. The van der Waals surface area contributed by atoms with Gasteiger partial charge in [-0.1, -0.05) is 12.1 Å². The number of carbonyl (C=O) groups excluding carboxylic acids is 1. The quantitative estimate of drug-likeness (QED) is 0.480. The molecule has 0 radical (unpaired) electrons. The second-order valence-electron chi connectivity index (χ2n) is 6.78. The van der Waals surface area contributed by atoms with Crippen molar-refractivity contribution in [3.05, 3.63) is 66.9 Å². The molecule has 0 spiro atoms. The van der Waals surface area contributed by atoms with Gasteiger partial charge in [0, 0.05) is 30.1 Å². The van der Waals surface area contributed by atoms with Crippen LogP contribution in [0.4, 0.5) is 17.2 Å². The van der Waals surface area contributed by atoms with Gasteiger partial charge in [0.15, 0.2) is 17.5 Å². The molecule has 0 saturated carbocycles. The van der Waals surface area contributed by atoms with E-state index in [4.69, 9.17) is 4.74 Å². The highest BCUT2D eigenvalue weighted by molar-refractivity contribution is 5.92. The molecular weight excluding hydrogens is 380 g/mol. The third-order valence-corrected chi connectivity index (χ3v) is 4.81. The predicted molar refractivity (Wildman–Crippen MR) is 114 cm³/mol. The van der Waals surface area contributed by atoms with E-state index in [1.807, 2.05) is 65.2 Å². The molecule has 0 atom stereocenters. The molecule has 2 aromatic carbocycles. The maximum atomic E-state index is 11.7. The van der Waals surface area contributed by atoms with Gasteiger partial charge in [0.1, 0.15) is 6.61 Å². The van der Waals surface area contributed by atoms with E-state index < -0.39 is 0 Å². The Morgan fingerprint density at radius 2 is 1.83 bits per heavy atom. The van der Waals surface area contributed by atoms with E-state index in [9.17, 15) is 4.79 Å². The van der Waals surface area contributed by atoms with Crippen LogP contribution in [0.2, 0.25) is 0 Å². The van der Waals surface area contributed by atoms with Crippen molar-refractivity contribution >= 4 is 23.1 Å². The van der Waals surface area contributed by atoms with Gasteiger partial charge in [-0.3, -0.25) is 9.36 Å². The van der Waals surface area contributed by atoms with Crippen molar-refractivity contribution in [1.82, 2.24) is 19.7 Å². The zero-order chi connectivity index (χ0) is 20.5. The van der Waals surface area contributed by atoms with Crippen LogP contribution in [0.15, 0.2) is 66.9 Å². The summed E-state index contributed by atoms with van der Waals surface area (Å²) in [7, 11) is 1.49. The Bertz CT molecular complexity index is 1230. The minimum Gasteiger partial charge on any atom is -0.375 e. The van der Waals surface area contributed by atoms with Gasteiger partial charge < -0.3 is 15.4 Å². The molecule has 148 valence electrons. The molecule has 1 amide bonds. The summed E-state index contributed by atoms with van der Waals surface area (Å²) in [5, 5.41) is 15.2. The number of nitrogens with one attached hydrogen (secondary N) is 2. The molecule has 0 fully saturated rings. The van der Waals surface area contributed by atoms with Crippen LogP contribution in [0.25, 0.3) is 28.5 Å². The Morgan fingerprint density at radius 1 is 1.03 bits per heavy atom. The fourth-order valence-corrected chi connectivity index (χ4v) is 3.49. The summed E-state index contributed by atoms with van der Waals surface area (Å²) < 4.78 is 6.85. The van der Waals surface area contributed by atoms with Gasteiger partial charge in [-0.15, -0.1) is 10.2 Å². The average Bonchev–Trinajstić information content (AvgIpc) is 3.14. The molecule has 0 bridgehead atoms. The number of nitrogens with zero attached hydrogens (tertiary/aromatic N) is 4. The van der Waals surface area contributed by atoms with E-state index in [-0.39, 0.29) is 12.5 Å². The van der Waals surface area contributed by atoms with Crippen LogP contribution in [0.5, 0.6) is 0 Å². The third-order valence-electron chi connectivity index (χ3n) is 4.81. The smallest absolute Gasteiger partial charge is 0.250 e. The Kier molecular flexibility index (Phi) is 4.45. The summed E-state index contributed by atoms with van der Waals surface area (Å²) >= 11 is 0. The first-order valence-corrected chi connectivity index (χ1v) is 9.41. The Morgan fingerprint density at radius 3 is 2.67 bits per heavy atom. The number of para-hydroxylation sites is 1. The van der Waals surface area contributed by atoms with Gasteiger partial charge in [-0.25, -0.2) is 4.98 Å². The summed E-state index contributed by atoms with van der Waals surface area (Å²) in [5.41, 5.74) is 4.28. The van der Waals surface area contributed by atoms with E-state index in [1.54, 1.807) is 6.20 Å². The van der Waals surface area contributed by atoms with Crippen LogP contribution in [0, 0.1) is 0 Å². The molecule has 1 aliphatic rings. The fourth-order valence-electron chi connectivity index (χ4n) is 3.49. The lowest BCUT2D eigenvalue weighted by molar-refractivity contribution is -0.119. The predicted octanol–water partition coefficient (Wildman–Crippen LogP) is 3.64. The summed E-state index contributed by atoms with van der Waals surface area (Å²) in [4.78, 5) is 16.2. The third kappa shape index (κ3) is 3.09. The molecule has 0 unspecified atom stereocenters. The minimum atomic E-state index is -0.204. The SMILES string of the molecule is COCC(=O)Nc1ccc(-c2nnc3n2-c2cccnc2Nc2ccccc2-3)cc1. The van der Waals surface area contributed by atoms with Gasteiger partial charge in [-0.2, -0.15) is 0 Å². The molecule has 4 aromatic rings. The maximum absolute atomic E-state index is 11.7. The van der Waals surface area contributed by atoms with Crippen molar-refractivity contribution in [2.24, 2.45) is 0 Å². The molecule has 30 heavy (non-hydrogen) atoms. The zero-order valence-corrected chi connectivity index (χ0v) is 16.2. The number of ether oxygens (including phenoxy) is 1. The van der Waals surface area contributed by atoms with Crippen molar-refractivity contribution in [3.63, 3.8) is 0 Å². The first-order chi connectivity index (χ1) is 14.7. The van der Waals surface area contributed by atoms with Crippen molar-refractivity contribution in [1.29, 1.82) is 0 Å². The highest BCUT2D eigenvalue weighted by Gasteiger charge is 2.24. The van der Waals surface area contributed by atoms with Crippen LogP contribution in [0.3, 0.4) is 0 Å². The van der Waals surface area contributed by atoms with Gasteiger partial charge in [0.05, 0.1) is 11.4 Å². The molecule has 2 N–H and O–H groups in total. The standard InChI is InChI=1S/C22H18N6O2/c1-30-13-19(29)24-15-10-8-14(9-11-15)21-26-27-22-16-5-2-3-6-17(16)25-20-18(28(21)22)7-4-12-23-20/h2-12H,13H2,1H3,(H,23,25)(H,24,29). The molecule has 2 aromatic heterocycles. The number of methoxy groups -OCH3 is 1. The van der Waals surface area contributed by atoms with Crippen LogP contribution >= 0.6 is 0 Å². The van der Waals surface area contributed by atoms with Gasteiger partial charge in [0.25, 0.3) is 0 Å². The average molecular weight is 398 g/mol. The molecule has 5 rings (SSSR count). The minimum absolute atomic E-state index is 0.00955. The number of rotatable bonds is 4. The first kappa shape index (κ1) is 18.0. The molecule has 0 saturated heterocycles. The second kappa shape index (κ2) is 7.41. The van der Waals surface area contributed by atoms with Crippen molar-refractivity contribution in [3.8, 4) is 28.5 Å². The van der Waals surface area contributed by atoms with E-state index >= 15 is 0 Å². The van der Waals surface area contributed by atoms with Crippen LogP contribution < -0.4 is 10.6 Å². The number of anilines is 3. The number of aromatic nitrogens is 4. The van der Waals surface area contributed by atoms with Crippen molar-refractivity contribution in [2.75, 3.05) is 24.4 Å². The lowest BCUT2D eigenvalue weighted by Gasteiger charge is -2.11. The zero-order valence-electron chi connectivity index (χ0n) is 16.2. The first-order valence-electron chi connectivity index (χ1n) is 9.41. The highest BCUT2D eigenvalue weighted by atomic mass is 16.5. The highest BCUT2D eigenvalue weighted by Crippen LogP contribution is 2.38. The largest absolute Gasteiger partial charge is 0.375 e. The normalized spacial score (nSPS) is 11.5. The van der Waals surface area contributed by atoms with Crippen molar-refractivity contribution in [2.45, 2.75) is 0 Å². The molecule has 1 aliphatic heterocycles. The Balaban J connectivity index is 1.61. The topological polar surface area (TPSA) is 94.0 Å². The molecule has 3 heterocycles. The van der Waals surface area contributed by atoms with E-state index in [1.165, 1.54) is 7.11 Å². The number of carbonyl (C=O) groups is 1. The molecular formula is C22H18N6O2.